The van der Waals surface area contributed by atoms with Crippen molar-refractivity contribution in [3.05, 3.63) is 0 Å². The van der Waals surface area contributed by atoms with Gasteiger partial charge in [-0.25, -0.2) is 0 Å². The number of hydrogen-bond acceptors (Lipinski definition) is 3. The Bertz CT molecular complexity index is 181. The van der Waals surface area contributed by atoms with Gasteiger partial charge in [0.05, 0.1) is 0 Å². The molecule has 1 aliphatic rings. The molecule has 0 bridgehead atoms. The summed E-state index contributed by atoms with van der Waals surface area (Å²) in [7, 11) is 1.85. The van der Waals surface area contributed by atoms with E-state index in [1.807, 2.05) is 7.05 Å². The number of ether oxygens (including phenoxy) is 1. The lowest BCUT2D eigenvalue weighted by atomic mass is 10.3. The molecule has 88 valence electrons. The molecule has 4 heteroatoms. The molecule has 1 amide bonds. The minimum Gasteiger partial charge on any atom is -0.381 e. The lowest BCUT2D eigenvalue weighted by Gasteiger charge is -2.05. The minimum atomic E-state index is 0.117. The summed E-state index contributed by atoms with van der Waals surface area (Å²) in [5, 5.41) is 5.81. The predicted molar refractivity (Wildman–Crippen MR) is 59.7 cm³/mol. The first-order valence-corrected chi connectivity index (χ1v) is 5.82. The third-order valence-corrected chi connectivity index (χ3v) is 2.44. The number of carbonyl (C=O) groups is 1. The number of nitrogens with one attached hydrogen (secondary N) is 2. The second-order valence-corrected chi connectivity index (χ2v) is 4.08. The van der Waals surface area contributed by atoms with Gasteiger partial charge < -0.3 is 15.4 Å². The van der Waals surface area contributed by atoms with E-state index >= 15 is 0 Å². The molecule has 0 atom stereocenters. The highest BCUT2D eigenvalue weighted by molar-refractivity contribution is 5.75. The van der Waals surface area contributed by atoms with Gasteiger partial charge in [0.2, 0.25) is 5.91 Å². The van der Waals surface area contributed by atoms with Gasteiger partial charge in [0, 0.05) is 32.7 Å². The van der Waals surface area contributed by atoms with E-state index in [0.29, 0.717) is 6.42 Å². The van der Waals surface area contributed by atoms with E-state index in [1.54, 1.807) is 0 Å². The van der Waals surface area contributed by atoms with E-state index in [4.69, 9.17) is 4.74 Å². The second-order valence-electron chi connectivity index (χ2n) is 4.08. The van der Waals surface area contributed by atoms with Crippen LogP contribution in [0.15, 0.2) is 0 Å². The van der Waals surface area contributed by atoms with Crippen LogP contribution in [-0.4, -0.2) is 39.3 Å². The Morgan fingerprint density at radius 1 is 1.40 bits per heavy atom. The third-order valence-electron chi connectivity index (χ3n) is 2.44. The van der Waals surface area contributed by atoms with Crippen LogP contribution in [0.3, 0.4) is 0 Å². The van der Waals surface area contributed by atoms with Crippen molar-refractivity contribution >= 4 is 5.91 Å². The van der Waals surface area contributed by atoms with Crippen molar-refractivity contribution in [1.82, 2.24) is 10.6 Å². The maximum Gasteiger partial charge on any atom is 0.221 e. The molecule has 1 aliphatic carbocycles. The second kappa shape index (κ2) is 7.65. The lowest BCUT2D eigenvalue weighted by molar-refractivity contribution is -0.121. The van der Waals surface area contributed by atoms with Crippen molar-refractivity contribution in [2.24, 2.45) is 5.92 Å². The van der Waals surface area contributed by atoms with Gasteiger partial charge in [-0.1, -0.05) is 0 Å². The maximum atomic E-state index is 11.2. The molecule has 1 fully saturated rings. The molecule has 0 heterocycles. The zero-order chi connectivity index (χ0) is 10.9. The molecular weight excluding hydrogens is 192 g/mol. The van der Waals surface area contributed by atoms with Crippen molar-refractivity contribution in [3.8, 4) is 0 Å². The molecule has 0 aromatic rings. The Kier molecular flexibility index (Phi) is 6.36. The van der Waals surface area contributed by atoms with Crippen molar-refractivity contribution in [2.45, 2.75) is 25.7 Å². The van der Waals surface area contributed by atoms with Crippen LogP contribution in [0, 0.1) is 5.92 Å². The van der Waals surface area contributed by atoms with Crippen LogP contribution in [0.5, 0.6) is 0 Å². The van der Waals surface area contributed by atoms with E-state index in [1.165, 1.54) is 12.8 Å². The van der Waals surface area contributed by atoms with Gasteiger partial charge in [0.1, 0.15) is 0 Å². The molecule has 4 nitrogen and oxygen atoms in total. The fourth-order valence-electron chi connectivity index (χ4n) is 1.26. The van der Waals surface area contributed by atoms with Crippen LogP contribution in [-0.2, 0) is 9.53 Å². The van der Waals surface area contributed by atoms with E-state index in [9.17, 15) is 4.79 Å². The molecule has 0 saturated heterocycles. The molecular formula is C11H22N2O2. The molecule has 0 aromatic heterocycles. The van der Waals surface area contributed by atoms with Crippen molar-refractivity contribution in [2.75, 3.05) is 33.4 Å². The van der Waals surface area contributed by atoms with Gasteiger partial charge in [-0.05, 0) is 32.2 Å². The van der Waals surface area contributed by atoms with Gasteiger partial charge in [-0.3, -0.25) is 4.79 Å². The topological polar surface area (TPSA) is 50.4 Å². The van der Waals surface area contributed by atoms with Gasteiger partial charge in [0.25, 0.3) is 0 Å². The van der Waals surface area contributed by atoms with Crippen molar-refractivity contribution in [3.63, 3.8) is 0 Å². The summed E-state index contributed by atoms with van der Waals surface area (Å²) < 4.78 is 5.46. The normalized spacial score (nSPS) is 15.3. The van der Waals surface area contributed by atoms with Crippen LogP contribution in [0.1, 0.15) is 25.7 Å². The van der Waals surface area contributed by atoms with E-state index in [0.717, 1.165) is 38.6 Å². The summed E-state index contributed by atoms with van der Waals surface area (Å²) in [6.07, 6.45) is 4.14. The first kappa shape index (κ1) is 12.5. The number of carbonyl (C=O) groups excluding carboxylic acids is 1. The summed E-state index contributed by atoms with van der Waals surface area (Å²) in [6, 6.07) is 0. The van der Waals surface area contributed by atoms with E-state index < -0.39 is 0 Å². The SMILES string of the molecule is CNCCC(=O)NCCCOCC1CC1. The highest BCUT2D eigenvalue weighted by Crippen LogP contribution is 2.28. The maximum absolute atomic E-state index is 11.2. The fourth-order valence-corrected chi connectivity index (χ4v) is 1.26. The largest absolute Gasteiger partial charge is 0.381 e. The molecule has 0 aliphatic heterocycles. The standard InChI is InChI=1S/C11H22N2O2/c1-12-7-5-11(14)13-6-2-8-15-9-10-3-4-10/h10,12H,2-9H2,1H3,(H,13,14). The first-order chi connectivity index (χ1) is 7.33. The van der Waals surface area contributed by atoms with E-state index in [-0.39, 0.29) is 5.91 Å². The Hall–Kier alpha value is -0.610. The smallest absolute Gasteiger partial charge is 0.221 e. The summed E-state index contributed by atoms with van der Waals surface area (Å²) in [6.45, 7) is 3.15. The lowest BCUT2D eigenvalue weighted by Crippen LogP contribution is -2.27. The number of rotatable bonds is 9. The highest BCUT2D eigenvalue weighted by atomic mass is 16.5. The fraction of sp³-hybridized carbons (Fsp3) is 0.909. The predicted octanol–water partition coefficient (Wildman–Crippen LogP) is 0.529. The summed E-state index contributed by atoms with van der Waals surface area (Å²) in [5.74, 6) is 0.946. The highest BCUT2D eigenvalue weighted by Gasteiger charge is 2.20. The van der Waals surface area contributed by atoms with Crippen LogP contribution >= 0.6 is 0 Å². The third kappa shape index (κ3) is 7.33. The van der Waals surface area contributed by atoms with Crippen molar-refractivity contribution < 1.29 is 9.53 Å². The average molecular weight is 214 g/mol. The molecule has 0 spiro atoms. The Labute approximate surface area is 91.8 Å². The summed E-state index contributed by atoms with van der Waals surface area (Å²) in [4.78, 5) is 11.2. The average Bonchev–Trinajstić information content (AvgIpc) is 3.04. The molecule has 0 unspecified atom stereocenters. The van der Waals surface area contributed by atoms with Gasteiger partial charge >= 0.3 is 0 Å². The Morgan fingerprint density at radius 2 is 2.20 bits per heavy atom. The van der Waals surface area contributed by atoms with Crippen LogP contribution < -0.4 is 10.6 Å². The first-order valence-electron chi connectivity index (χ1n) is 5.82. The quantitative estimate of drug-likeness (QED) is 0.550. The van der Waals surface area contributed by atoms with Crippen molar-refractivity contribution in [1.29, 1.82) is 0 Å². The zero-order valence-electron chi connectivity index (χ0n) is 9.55. The summed E-state index contributed by atoms with van der Waals surface area (Å²) >= 11 is 0. The molecule has 1 saturated carbocycles. The van der Waals surface area contributed by atoms with Crippen LogP contribution in [0.2, 0.25) is 0 Å². The molecule has 0 radical (unpaired) electrons. The number of amides is 1. The van der Waals surface area contributed by atoms with Gasteiger partial charge in [-0.2, -0.15) is 0 Å². The Balaban J connectivity index is 1.76. The van der Waals surface area contributed by atoms with Gasteiger partial charge in [0.15, 0.2) is 0 Å². The monoisotopic (exact) mass is 214 g/mol. The van der Waals surface area contributed by atoms with Gasteiger partial charge in [-0.15, -0.1) is 0 Å². The molecule has 1 rings (SSSR count). The summed E-state index contributed by atoms with van der Waals surface area (Å²) in [5.41, 5.74) is 0. The number of hydrogen-bond donors (Lipinski definition) is 2. The Morgan fingerprint density at radius 3 is 2.87 bits per heavy atom. The van der Waals surface area contributed by atoms with E-state index in [2.05, 4.69) is 10.6 Å². The minimum absolute atomic E-state index is 0.117. The van der Waals surface area contributed by atoms with Crippen LogP contribution in [0.4, 0.5) is 0 Å². The molecule has 0 aromatic carbocycles. The molecule has 2 N–H and O–H groups in total. The zero-order valence-corrected chi connectivity index (χ0v) is 9.55. The van der Waals surface area contributed by atoms with Crippen LogP contribution in [0.25, 0.3) is 0 Å². The molecule has 15 heavy (non-hydrogen) atoms.